The molecule has 0 aromatic carbocycles. The third-order valence-electron chi connectivity index (χ3n) is 5.23. The highest BCUT2D eigenvalue weighted by Crippen LogP contribution is 2.30. The minimum Gasteiger partial charge on any atom is -0.485 e. The Morgan fingerprint density at radius 3 is 2.81 bits per heavy atom. The maximum atomic E-state index is 12.7. The zero-order chi connectivity index (χ0) is 18.8. The zero-order valence-electron chi connectivity index (χ0n) is 15.5. The Bertz CT molecular complexity index is 889. The van der Waals surface area contributed by atoms with Crippen molar-refractivity contribution in [2.24, 2.45) is 7.05 Å². The van der Waals surface area contributed by atoms with E-state index in [-0.39, 0.29) is 17.6 Å². The molecule has 2 aromatic rings. The van der Waals surface area contributed by atoms with Crippen molar-refractivity contribution < 1.29 is 9.53 Å². The van der Waals surface area contributed by atoms with Crippen LogP contribution in [0, 0.1) is 0 Å². The van der Waals surface area contributed by atoms with Crippen molar-refractivity contribution >= 4 is 11.7 Å². The van der Waals surface area contributed by atoms with Gasteiger partial charge < -0.3 is 19.1 Å². The number of carbonyl (C=O) groups is 1. The van der Waals surface area contributed by atoms with E-state index < -0.39 is 0 Å². The summed E-state index contributed by atoms with van der Waals surface area (Å²) in [6.07, 6.45) is 6.48. The molecule has 2 aromatic heterocycles. The third-order valence-corrected chi connectivity index (χ3v) is 5.23. The molecule has 7 nitrogen and oxygen atoms in total. The molecule has 2 aliphatic heterocycles. The lowest BCUT2D eigenvalue weighted by molar-refractivity contribution is 0.0772. The van der Waals surface area contributed by atoms with Crippen LogP contribution in [0.5, 0.6) is 5.75 Å². The highest BCUT2D eigenvalue weighted by Gasteiger charge is 2.29. The summed E-state index contributed by atoms with van der Waals surface area (Å²) in [6, 6.07) is 6.91. The van der Waals surface area contributed by atoms with Crippen LogP contribution in [-0.4, -0.2) is 52.6 Å². The number of amides is 1. The maximum absolute atomic E-state index is 12.7. The Hall–Kier alpha value is -2.83. The van der Waals surface area contributed by atoms with Crippen molar-refractivity contribution in [2.75, 3.05) is 31.1 Å². The highest BCUT2D eigenvalue weighted by molar-refractivity contribution is 5.94. The van der Waals surface area contributed by atoms with Crippen LogP contribution in [0.2, 0.25) is 0 Å². The molecule has 2 saturated heterocycles. The first kappa shape index (κ1) is 17.6. The van der Waals surface area contributed by atoms with Crippen LogP contribution < -0.4 is 15.2 Å². The van der Waals surface area contributed by atoms with Crippen molar-refractivity contribution in [1.82, 2.24) is 14.5 Å². The number of aryl methyl sites for hydroxylation is 1. The summed E-state index contributed by atoms with van der Waals surface area (Å²) in [6.45, 7) is 3.15. The van der Waals surface area contributed by atoms with E-state index in [2.05, 4.69) is 9.88 Å². The number of likely N-dealkylation sites (tertiary alicyclic amines) is 1. The van der Waals surface area contributed by atoms with Gasteiger partial charge in [0.2, 0.25) is 0 Å². The van der Waals surface area contributed by atoms with E-state index in [1.807, 2.05) is 12.1 Å². The second-order valence-electron chi connectivity index (χ2n) is 7.16. The molecule has 2 fully saturated rings. The van der Waals surface area contributed by atoms with Gasteiger partial charge in [0, 0.05) is 57.1 Å². The highest BCUT2D eigenvalue weighted by atomic mass is 16.5. The van der Waals surface area contributed by atoms with Gasteiger partial charge >= 0.3 is 0 Å². The molecule has 142 valence electrons. The van der Waals surface area contributed by atoms with E-state index in [4.69, 9.17) is 4.74 Å². The lowest BCUT2D eigenvalue weighted by Crippen LogP contribution is -2.32. The van der Waals surface area contributed by atoms with E-state index in [0.717, 1.165) is 31.1 Å². The lowest BCUT2D eigenvalue weighted by atomic mass is 10.2. The standard InChI is InChI=1S/C20H24N4O3/c1-22-11-6-15(13-18(22)25)20(26)24-12-7-16(14-24)27-17-5-4-8-21-19(17)23-9-2-3-10-23/h4-6,8,11,13,16H,2-3,7,9-10,12,14H2,1H3/t16-/m1/s1. The number of ether oxygens (including phenoxy) is 1. The topological polar surface area (TPSA) is 67.7 Å². The number of aromatic nitrogens is 2. The van der Waals surface area contributed by atoms with Gasteiger partial charge in [-0.2, -0.15) is 0 Å². The lowest BCUT2D eigenvalue weighted by Gasteiger charge is -2.22. The second kappa shape index (κ2) is 7.42. The number of hydrogen-bond acceptors (Lipinski definition) is 5. The fourth-order valence-corrected chi connectivity index (χ4v) is 3.69. The first-order valence-electron chi connectivity index (χ1n) is 9.44. The molecule has 4 rings (SSSR count). The Labute approximate surface area is 158 Å². The molecule has 0 aliphatic carbocycles. The third kappa shape index (κ3) is 3.67. The summed E-state index contributed by atoms with van der Waals surface area (Å²) in [5, 5.41) is 0. The number of pyridine rings is 2. The summed E-state index contributed by atoms with van der Waals surface area (Å²) < 4.78 is 7.67. The monoisotopic (exact) mass is 368 g/mol. The SMILES string of the molecule is Cn1ccc(C(=O)N2CC[C@@H](Oc3cccnc3N3CCCC3)C2)cc1=O. The van der Waals surface area contributed by atoms with Crippen LogP contribution in [0.15, 0.2) is 41.5 Å². The molecule has 4 heterocycles. The van der Waals surface area contributed by atoms with Gasteiger partial charge in [-0.3, -0.25) is 9.59 Å². The van der Waals surface area contributed by atoms with Gasteiger partial charge in [0.25, 0.3) is 11.5 Å². The summed E-state index contributed by atoms with van der Waals surface area (Å²) in [7, 11) is 1.67. The Kier molecular flexibility index (Phi) is 4.83. The van der Waals surface area contributed by atoms with Gasteiger partial charge in [0.15, 0.2) is 11.6 Å². The maximum Gasteiger partial charge on any atom is 0.254 e. The number of carbonyl (C=O) groups excluding carboxylic acids is 1. The molecular weight excluding hydrogens is 344 g/mol. The summed E-state index contributed by atoms with van der Waals surface area (Å²) in [5.74, 6) is 1.56. The van der Waals surface area contributed by atoms with E-state index in [1.165, 1.54) is 23.5 Å². The Balaban J connectivity index is 1.44. The quantitative estimate of drug-likeness (QED) is 0.821. The summed E-state index contributed by atoms with van der Waals surface area (Å²) in [5.41, 5.74) is 0.247. The van der Waals surface area contributed by atoms with Gasteiger partial charge in [-0.05, 0) is 31.0 Å². The minimum absolute atomic E-state index is 0.0638. The largest absolute Gasteiger partial charge is 0.485 e. The minimum atomic E-state index is -0.182. The molecule has 1 atom stereocenters. The number of rotatable bonds is 4. The Morgan fingerprint density at radius 1 is 1.22 bits per heavy atom. The first-order chi connectivity index (χ1) is 13.1. The number of anilines is 1. The molecule has 0 radical (unpaired) electrons. The molecule has 27 heavy (non-hydrogen) atoms. The predicted molar refractivity (Wildman–Crippen MR) is 102 cm³/mol. The van der Waals surface area contributed by atoms with Gasteiger partial charge in [0.05, 0.1) is 6.54 Å². The molecule has 2 aliphatic rings. The van der Waals surface area contributed by atoms with Crippen LogP contribution in [0.25, 0.3) is 0 Å². The van der Waals surface area contributed by atoms with E-state index in [1.54, 1.807) is 30.4 Å². The van der Waals surface area contributed by atoms with Crippen LogP contribution in [0.4, 0.5) is 5.82 Å². The molecular formula is C20H24N4O3. The fraction of sp³-hybridized carbons (Fsp3) is 0.450. The van der Waals surface area contributed by atoms with E-state index in [0.29, 0.717) is 18.7 Å². The molecule has 7 heteroatoms. The molecule has 0 N–H and O–H groups in total. The molecule has 0 spiro atoms. The van der Waals surface area contributed by atoms with Gasteiger partial charge in [-0.25, -0.2) is 4.98 Å². The van der Waals surface area contributed by atoms with Crippen molar-refractivity contribution in [3.05, 3.63) is 52.6 Å². The summed E-state index contributed by atoms with van der Waals surface area (Å²) in [4.78, 5) is 33.0. The molecule has 0 bridgehead atoms. The van der Waals surface area contributed by atoms with Gasteiger partial charge in [-0.15, -0.1) is 0 Å². The van der Waals surface area contributed by atoms with E-state index >= 15 is 0 Å². The molecule has 0 saturated carbocycles. The Morgan fingerprint density at radius 2 is 2.04 bits per heavy atom. The van der Waals surface area contributed by atoms with Gasteiger partial charge in [0.1, 0.15) is 6.10 Å². The smallest absolute Gasteiger partial charge is 0.254 e. The van der Waals surface area contributed by atoms with Crippen LogP contribution in [0.3, 0.4) is 0 Å². The van der Waals surface area contributed by atoms with Crippen molar-refractivity contribution in [3.8, 4) is 5.75 Å². The van der Waals surface area contributed by atoms with Crippen LogP contribution in [-0.2, 0) is 7.05 Å². The van der Waals surface area contributed by atoms with Crippen molar-refractivity contribution in [2.45, 2.75) is 25.4 Å². The first-order valence-corrected chi connectivity index (χ1v) is 9.44. The fourth-order valence-electron chi connectivity index (χ4n) is 3.69. The van der Waals surface area contributed by atoms with E-state index in [9.17, 15) is 9.59 Å². The zero-order valence-corrected chi connectivity index (χ0v) is 15.5. The average molecular weight is 368 g/mol. The molecule has 1 amide bonds. The average Bonchev–Trinajstić information content (AvgIpc) is 3.36. The number of nitrogens with zero attached hydrogens (tertiary/aromatic N) is 4. The van der Waals surface area contributed by atoms with Crippen molar-refractivity contribution in [3.63, 3.8) is 0 Å². The van der Waals surface area contributed by atoms with Gasteiger partial charge in [-0.1, -0.05) is 0 Å². The predicted octanol–water partition coefficient (Wildman–Crippen LogP) is 1.67. The van der Waals surface area contributed by atoms with Crippen LogP contribution in [0.1, 0.15) is 29.6 Å². The second-order valence-corrected chi connectivity index (χ2v) is 7.16. The number of hydrogen-bond donors (Lipinski definition) is 0. The summed E-state index contributed by atoms with van der Waals surface area (Å²) >= 11 is 0. The van der Waals surface area contributed by atoms with Crippen LogP contribution >= 0.6 is 0 Å². The van der Waals surface area contributed by atoms with Crippen molar-refractivity contribution in [1.29, 1.82) is 0 Å². The molecule has 0 unspecified atom stereocenters. The normalized spacial score (nSPS) is 19.5.